The first-order valence-corrected chi connectivity index (χ1v) is 12.1. The molecule has 3 heteroatoms. The van der Waals surface area contributed by atoms with Gasteiger partial charge in [-0.25, -0.2) is 0 Å². The fourth-order valence-electron chi connectivity index (χ4n) is 7.02. The summed E-state index contributed by atoms with van der Waals surface area (Å²) >= 11 is 0. The molecule has 3 aliphatic rings. The Morgan fingerprint density at radius 3 is 2.62 bits per heavy atom. The summed E-state index contributed by atoms with van der Waals surface area (Å²) in [6, 6.07) is 14.7. The molecule has 0 spiro atoms. The van der Waals surface area contributed by atoms with E-state index < -0.39 is 5.60 Å². The Bertz CT molecular complexity index is 1050. The van der Waals surface area contributed by atoms with E-state index in [4.69, 9.17) is 4.74 Å². The van der Waals surface area contributed by atoms with Crippen LogP contribution < -0.4 is 4.74 Å². The first kappa shape index (κ1) is 21.5. The minimum atomic E-state index is -0.743. The number of hydrogen-bond acceptors (Lipinski definition) is 3. The standard InChI is InChI=1S/C29H34O3/c1-19-4-6-21(7-5-19)12-16-29(31)17-14-27-26-10-8-22-18-23(32-20(2)30)9-11-24(22)25(26)13-15-28(27,29)3/h4-7,9,11-12,16,18,25-27,31H,8,10,13-15,17H2,1-3H3/b16-12+/t25-,26-,27+,28+,29+/m1/s1. The molecule has 168 valence electrons. The molecule has 0 aromatic heterocycles. The van der Waals surface area contributed by atoms with Gasteiger partial charge >= 0.3 is 5.97 Å². The van der Waals surface area contributed by atoms with Crippen molar-refractivity contribution in [3.05, 3.63) is 70.8 Å². The second kappa shape index (κ2) is 7.88. The van der Waals surface area contributed by atoms with Gasteiger partial charge in [0.25, 0.3) is 0 Å². The quantitative estimate of drug-likeness (QED) is 0.464. The van der Waals surface area contributed by atoms with E-state index >= 15 is 0 Å². The van der Waals surface area contributed by atoms with Crippen molar-refractivity contribution in [3.8, 4) is 5.75 Å². The van der Waals surface area contributed by atoms with Gasteiger partial charge in [-0.1, -0.05) is 55.0 Å². The molecule has 0 aliphatic heterocycles. The summed E-state index contributed by atoms with van der Waals surface area (Å²) in [4.78, 5) is 11.3. The molecule has 5 atom stereocenters. The smallest absolute Gasteiger partial charge is 0.308 e. The number of hydrogen-bond donors (Lipinski definition) is 1. The number of benzene rings is 2. The van der Waals surface area contributed by atoms with E-state index in [1.165, 1.54) is 23.6 Å². The van der Waals surface area contributed by atoms with Crippen molar-refractivity contribution in [2.24, 2.45) is 17.3 Å². The van der Waals surface area contributed by atoms with Crippen LogP contribution in [-0.2, 0) is 11.2 Å². The van der Waals surface area contributed by atoms with E-state index in [-0.39, 0.29) is 11.4 Å². The number of rotatable bonds is 3. The molecule has 5 rings (SSSR count). The maximum atomic E-state index is 11.8. The van der Waals surface area contributed by atoms with E-state index in [1.807, 2.05) is 6.07 Å². The molecule has 0 saturated heterocycles. The zero-order valence-corrected chi connectivity index (χ0v) is 19.4. The molecule has 1 N–H and O–H groups in total. The minimum absolute atomic E-state index is 0.0788. The van der Waals surface area contributed by atoms with E-state index in [9.17, 15) is 9.90 Å². The number of carbonyl (C=O) groups excluding carboxylic acids is 1. The maximum absolute atomic E-state index is 11.8. The number of esters is 1. The number of ether oxygens (including phenoxy) is 1. The lowest BCUT2D eigenvalue weighted by Crippen LogP contribution is -2.49. The van der Waals surface area contributed by atoms with Crippen molar-refractivity contribution >= 4 is 12.0 Å². The molecule has 2 fully saturated rings. The highest BCUT2D eigenvalue weighted by atomic mass is 16.5. The first-order chi connectivity index (χ1) is 15.3. The molecule has 0 unspecified atom stereocenters. The SMILES string of the molecule is CC(=O)Oc1ccc2c(c1)CC[C@@H]1[C@@H]2CC[C@@]2(C)[C@H]1CC[C@@]2(O)/C=C/c1ccc(C)cc1. The molecule has 0 radical (unpaired) electrons. The second-order valence-corrected chi connectivity index (χ2v) is 10.5. The fourth-order valence-corrected chi connectivity index (χ4v) is 7.02. The molecule has 3 nitrogen and oxygen atoms in total. The summed E-state index contributed by atoms with van der Waals surface area (Å²) in [5.41, 5.74) is 4.35. The Balaban J connectivity index is 1.39. The van der Waals surface area contributed by atoms with E-state index in [1.54, 1.807) is 0 Å². The lowest BCUT2D eigenvalue weighted by atomic mass is 9.53. The van der Waals surface area contributed by atoms with Crippen molar-refractivity contribution in [3.63, 3.8) is 0 Å². The topological polar surface area (TPSA) is 46.5 Å². The summed E-state index contributed by atoms with van der Waals surface area (Å²) in [6.45, 7) is 5.88. The summed E-state index contributed by atoms with van der Waals surface area (Å²) in [5.74, 6) is 2.09. The van der Waals surface area contributed by atoms with Crippen LogP contribution in [0.15, 0.2) is 48.5 Å². The van der Waals surface area contributed by atoms with Gasteiger partial charge in [0, 0.05) is 12.3 Å². The lowest BCUT2D eigenvalue weighted by Gasteiger charge is -2.52. The average molecular weight is 431 g/mol. The van der Waals surface area contributed by atoms with E-state index in [2.05, 4.69) is 62.4 Å². The van der Waals surface area contributed by atoms with Crippen molar-refractivity contribution in [1.29, 1.82) is 0 Å². The molecule has 2 aromatic carbocycles. The molecular weight excluding hydrogens is 396 g/mol. The number of carbonyl (C=O) groups is 1. The van der Waals surface area contributed by atoms with Crippen LogP contribution in [0.4, 0.5) is 0 Å². The van der Waals surface area contributed by atoms with Crippen LogP contribution in [0.25, 0.3) is 6.08 Å². The minimum Gasteiger partial charge on any atom is -0.427 e. The number of aryl methyl sites for hydroxylation is 2. The van der Waals surface area contributed by atoms with Crippen LogP contribution in [0.3, 0.4) is 0 Å². The average Bonchev–Trinajstić information content (AvgIpc) is 3.04. The largest absolute Gasteiger partial charge is 0.427 e. The molecule has 2 saturated carbocycles. The van der Waals surface area contributed by atoms with Crippen molar-refractivity contribution < 1.29 is 14.6 Å². The Morgan fingerprint density at radius 2 is 1.88 bits per heavy atom. The molecule has 2 aromatic rings. The molecular formula is C29H34O3. The van der Waals surface area contributed by atoms with Gasteiger partial charge in [0.15, 0.2) is 0 Å². The third-order valence-corrected chi connectivity index (χ3v) is 8.80. The van der Waals surface area contributed by atoms with Crippen LogP contribution in [0.2, 0.25) is 0 Å². The Kier molecular flexibility index (Phi) is 5.28. The van der Waals surface area contributed by atoms with Gasteiger partial charge in [0.1, 0.15) is 5.75 Å². The van der Waals surface area contributed by atoms with Gasteiger partial charge in [-0.05, 0) is 92.0 Å². The Hall–Kier alpha value is -2.39. The predicted molar refractivity (Wildman–Crippen MR) is 128 cm³/mol. The van der Waals surface area contributed by atoms with Gasteiger partial charge in [0.05, 0.1) is 5.60 Å². The fraction of sp³-hybridized carbons (Fsp3) is 0.483. The van der Waals surface area contributed by atoms with E-state index in [0.717, 1.165) is 44.1 Å². The molecule has 32 heavy (non-hydrogen) atoms. The lowest BCUT2D eigenvalue weighted by molar-refractivity contribution is -0.131. The van der Waals surface area contributed by atoms with Crippen molar-refractivity contribution in [2.45, 2.75) is 70.8 Å². The maximum Gasteiger partial charge on any atom is 0.308 e. The molecule has 0 heterocycles. The summed E-state index contributed by atoms with van der Waals surface area (Å²) in [6.07, 6.45) is 10.5. The van der Waals surface area contributed by atoms with Gasteiger partial charge in [-0.2, -0.15) is 0 Å². The molecule has 3 aliphatic carbocycles. The van der Waals surface area contributed by atoms with Crippen LogP contribution in [0.1, 0.15) is 74.1 Å². The molecule has 0 bridgehead atoms. The van der Waals surface area contributed by atoms with Crippen LogP contribution >= 0.6 is 0 Å². The van der Waals surface area contributed by atoms with Crippen molar-refractivity contribution in [2.75, 3.05) is 0 Å². The zero-order valence-electron chi connectivity index (χ0n) is 19.4. The van der Waals surface area contributed by atoms with Gasteiger partial charge in [0.2, 0.25) is 0 Å². The Morgan fingerprint density at radius 1 is 1.09 bits per heavy atom. The Labute approximate surface area is 191 Å². The highest BCUT2D eigenvalue weighted by Crippen LogP contribution is 2.64. The van der Waals surface area contributed by atoms with E-state index in [0.29, 0.717) is 23.5 Å². The van der Waals surface area contributed by atoms with Gasteiger partial charge < -0.3 is 9.84 Å². The third kappa shape index (κ3) is 3.51. The number of fused-ring (bicyclic) bond motifs is 5. The van der Waals surface area contributed by atoms with Gasteiger partial charge in [-0.3, -0.25) is 4.79 Å². The second-order valence-electron chi connectivity index (χ2n) is 10.5. The van der Waals surface area contributed by atoms with Crippen LogP contribution in [0.5, 0.6) is 5.75 Å². The third-order valence-electron chi connectivity index (χ3n) is 8.80. The zero-order chi connectivity index (χ0) is 22.5. The van der Waals surface area contributed by atoms with Crippen LogP contribution in [-0.4, -0.2) is 16.7 Å². The number of aliphatic hydroxyl groups is 1. The first-order valence-electron chi connectivity index (χ1n) is 12.1. The summed E-state index contributed by atoms with van der Waals surface area (Å²) < 4.78 is 5.32. The van der Waals surface area contributed by atoms with Gasteiger partial charge in [-0.15, -0.1) is 0 Å². The van der Waals surface area contributed by atoms with Crippen molar-refractivity contribution in [1.82, 2.24) is 0 Å². The molecule has 0 amide bonds. The van der Waals surface area contributed by atoms with Crippen LogP contribution in [0, 0.1) is 24.2 Å². The highest BCUT2D eigenvalue weighted by Gasteiger charge is 2.60. The monoisotopic (exact) mass is 430 g/mol. The summed E-state index contributed by atoms with van der Waals surface area (Å²) in [7, 11) is 0. The highest BCUT2D eigenvalue weighted by molar-refractivity contribution is 5.69. The predicted octanol–water partition coefficient (Wildman–Crippen LogP) is 6.22. The normalized spacial score (nSPS) is 33.4. The summed E-state index contributed by atoms with van der Waals surface area (Å²) in [5, 5.41) is 11.8.